The molecule has 14 nitrogen and oxygen atoms in total. The molecule has 8 atom stereocenters. The molecule has 15 heteroatoms. The fourth-order valence-electron chi connectivity index (χ4n) is 9.72. The smallest absolute Gasteiger partial charge is 0.407 e. The maximum atomic E-state index is 13.9. The third-order valence-electron chi connectivity index (χ3n) is 13.0. The number of carbonyl (C=O) groups excluding carboxylic acids is 3. The molecular weight excluding hydrogens is 772 g/mol. The largest absolute Gasteiger partial charge is 0.465 e. The van der Waals surface area contributed by atoms with Gasteiger partial charge in [-0.2, -0.15) is 0 Å². The lowest BCUT2D eigenvalue weighted by atomic mass is 9.99. The number of H-pyrrole nitrogens is 2. The van der Waals surface area contributed by atoms with Gasteiger partial charge in [-0.15, -0.1) is 0 Å². The number of rotatable bonds is 10. The van der Waals surface area contributed by atoms with Crippen LogP contribution in [0.3, 0.4) is 0 Å². The average molecular weight is 821 g/mol. The van der Waals surface area contributed by atoms with E-state index < -0.39 is 24.3 Å². The quantitative estimate of drug-likeness (QED) is 0.110. The summed E-state index contributed by atoms with van der Waals surface area (Å²) in [6.45, 7) is 7.57. The zero-order chi connectivity index (χ0) is 41.6. The highest BCUT2D eigenvalue weighted by molar-refractivity contribution is 6.32. The van der Waals surface area contributed by atoms with Crippen molar-refractivity contribution in [2.24, 2.45) is 23.7 Å². The predicted molar refractivity (Wildman–Crippen MR) is 222 cm³/mol. The minimum absolute atomic E-state index is 0.113. The van der Waals surface area contributed by atoms with E-state index in [-0.39, 0.29) is 47.8 Å². The Morgan fingerprint density at radius 3 is 1.98 bits per heavy atom. The fourth-order valence-corrected chi connectivity index (χ4v) is 9.97. The van der Waals surface area contributed by atoms with Gasteiger partial charge < -0.3 is 34.9 Å². The van der Waals surface area contributed by atoms with Crippen molar-refractivity contribution in [3.8, 4) is 22.4 Å². The molecule has 4 amide bonds. The van der Waals surface area contributed by atoms with E-state index in [1.54, 1.807) is 0 Å². The average Bonchev–Trinajstić information content (AvgIpc) is 3.89. The summed E-state index contributed by atoms with van der Waals surface area (Å²) in [5, 5.41) is 14.9. The molecule has 2 aromatic heterocycles. The Balaban J connectivity index is 0.943. The number of benzene rings is 3. The van der Waals surface area contributed by atoms with E-state index >= 15 is 0 Å². The summed E-state index contributed by atoms with van der Waals surface area (Å²) in [4.78, 5) is 73.4. The number of nitrogens with zero attached hydrogens (tertiary/aromatic N) is 5. The Kier molecular flexibility index (Phi) is 9.60. The number of methoxy groups -OCH3 is 1. The Hall–Kier alpha value is -5.63. The molecule has 4 N–H and O–H groups in total. The first-order chi connectivity index (χ1) is 28.2. The molecule has 2 aliphatic heterocycles. The van der Waals surface area contributed by atoms with Crippen molar-refractivity contribution in [3.05, 3.63) is 71.4 Å². The lowest BCUT2D eigenvalue weighted by molar-refractivity contribution is -0.140. The van der Waals surface area contributed by atoms with Gasteiger partial charge in [-0.3, -0.25) is 14.5 Å². The van der Waals surface area contributed by atoms with Crippen molar-refractivity contribution in [1.29, 1.82) is 0 Å². The van der Waals surface area contributed by atoms with Crippen LogP contribution in [0.25, 0.3) is 44.2 Å². The van der Waals surface area contributed by atoms with Crippen molar-refractivity contribution in [2.45, 2.75) is 89.6 Å². The molecule has 5 aromatic rings. The maximum absolute atomic E-state index is 13.9. The Morgan fingerprint density at radius 1 is 0.797 bits per heavy atom. The van der Waals surface area contributed by atoms with Gasteiger partial charge in [0.15, 0.2) is 0 Å². The van der Waals surface area contributed by atoms with Crippen molar-refractivity contribution in [2.75, 3.05) is 14.2 Å². The number of piperidine rings is 2. The number of carboxylic acid groups (broad SMARTS) is 1. The number of fused-ring (bicyclic) bond motifs is 4. The number of aromatic amines is 2. The zero-order valence-electron chi connectivity index (χ0n) is 33.9. The van der Waals surface area contributed by atoms with Gasteiger partial charge in [0.05, 0.1) is 30.2 Å². The molecular formula is C44H49ClN8O6. The van der Waals surface area contributed by atoms with Crippen LogP contribution in [-0.4, -0.2) is 102 Å². The summed E-state index contributed by atoms with van der Waals surface area (Å²) in [7, 11) is 2.76. The number of hydrogen-bond acceptors (Lipinski definition) is 7. The number of likely N-dealkylation sites (tertiary alicyclic amines) is 2. The SMILES string of the molecule is COC(=O)N[C@H](C(=O)N1[C@@H]2C[C@H]2C[C@H]1c1nc(-c2ccc3cc(-c4ccc5nc([C@@H]6C[C@H]7C[C@H]7N6C(=O)[C@H](C(C)C)N(C)C(=O)O)[nH]c5c4)ccc3c2)c(Cl)[nH]1)C(C)C. The van der Waals surface area contributed by atoms with Crippen LogP contribution in [-0.2, 0) is 14.3 Å². The normalized spacial score (nSPS) is 24.0. The van der Waals surface area contributed by atoms with Gasteiger partial charge in [-0.25, -0.2) is 19.6 Å². The van der Waals surface area contributed by atoms with E-state index in [1.807, 2.05) is 49.6 Å². The van der Waals surface area contributed by atoms with E-state index in [2.05, 4.69) is 57.7 Å². The standard InChI is InChI=1S/C44H49ClN8O6/c1-20(2)35(49-43(56)59-6)41(54)52-31-16-27(31)19-34(52)40-48-36(38(45)50-40)26-10-9-22-13-23(7-8-24(22)14-26)25-11-12-29-30(15-25)47-39(46-29)33-18-28-17-32(28)53(33)42(55)37(21(3)4)51(5)44(57)58/h7-15,20-21,27-28,31-35,37H,16-19H2,1-6H3,(H,46,47)(H,48,50)(H,49,56)(H,57,58)/t27-,28+,31+,32+,33-,34-,35-,37-/m0/s1. The number of likely N-dealkylation sites (N-methyl/N-ethyl adjacent to an activating group) is 1. The molecule has 0 radical (unpaired) electrons. The first-order valence-corrected chi connectivity index (χ1v) is 20.8. The molecule has 4 heterocycles. The number of carbonyl (C=O) groups is 4. The minimum atomic E-state index is -1.12. The molecule has 3 aromatic carbocycles. The van der Waals surface area contributed by atoms with Crippen molar-refractivity contribution in [3.63, 3.8) is 0 Å². The number of ether oxygens (including phenoxy) is 1. The molecule has 2 saturated carbocycles. The van der Waals surface area contributed by atoms with Gasteiger partial charge in [0, 0.05) is 24.7 Å². The van der Waals surface area contributed by atoms with Crippen LogP contribution < -0.4 is 5.32 Å². The number of nitrogens with one attached hydrogen (secondary N) is 3. The van der Waals surface area contributed by atoms with Gasteiger partial charge in [-0.1, -0.05) is 69.6 Å². The van der Waals surface area contributed by atoms with Crippen LogP contribution in [0.5, 0.6) is 0 Å². The first-order valence-electron chi connectivity index (χ1n) is 20.5. The molecule has 59 heavy (non-hydrogen) atoms. The third kappa shape index (κ3) is 6.84. The van der Waals surface area contributed by atoms with Crippen molar-refractivity contribution >= 4 is 57.4 Å². The van der Waals surface area contributed by atoms with Crippen LogP contribution in [0, 0.1) is 23.7 Å². The summed E-state index contributed by atoms with van der Waals surface area (Å²) in [5.41, 5.74) is 5.18. The number of amides is 4. The second-order valence-corrected chi connectivity index (χ2v) is 17.9. The second kappa shape index (κ2) is 14.6. The topological polar surface area (TPSA) is 177 Å². The molecule has 2 saturated heterocycles. The Bertz CT molecular complexity index is 2510. The minimum Gasteiger partial charge on any atom is -0.465 e. The molecule has 4 fully saturated rings. The number of aromatic nitrogens is 4. The Morgan fingerprint density at radius 2 is 1.37 bits per heavy atom. The van der Waals surface area contributed by atoms with Crippen LogP contribution in [0.4, 0.5) is 9.59 Å². The van der Waals surface area contributed by atoms with E-state index in [1.165, 1.54) is 14.2 Å². The number of alkyl carbamates (subject to hydrolysis) is 1. The summed E-state index contributed by atoms with van der Waals surface area (Å²) >= 11 is 6.82. The highest BCUT2D eigenvalue weighted by Gasteiger charge is 2.58. The van der Waals surface area contributed by atoms with E-state index in [9.17, 15) is 24.3 Å². The highest BCUT2D eigenvalue weighted by atomic mass is 35.5. The van der Waals surface area contributed by atoms with Crippen LogP contribution >= 0.6 is 11.6 Å². The van der Waals surface area contributed by atoms with Gasteiger partial charge in [0.2, 0.25) is 11.8 Å². The van der Waals surface area contributed by atoms with Gasteiger partial charge in [0.25, 0.3) is 0 Å². The molecule has 2 aliphatic carbocycles. The first kappa shape index (κ1) is 38.9. The van der Waals surface area contributed by atoms with Gasteiger partial charge in [-0.05, 0) is 95.5 Å². The van der Waals surface area contributed by atoms with Crippen LogP contribution in [0.2, 0.25) is 5.15 Å². The summed E-state index contributed by atoms with van der Waals surface area (Å²) in [5.74, 6) is 1.54. The monoisotopic (exact) mass is 820 g/mol. The van der Waals surface area contributed by atoms with Crippen LogP contribution in [0.1, 0.15) is 77.1 Å². The number of imidazole rings is 2. The fraction of sp³-hybridized carbons (Fsp3) is 0.455. The summed E-state index contributed by atoms with van der Waals surface area (Å²) < 4.78 is 4.80. The highest BCUT2D eigenvalue weighted by Crippen LogP contribution is 2.55. The molecule has 0 unspecified atom stereocenters. The predicted octanol–water partition coefficient (Wildman–Crippen LogP) is 7.77. The lowest BCUT2D eigenvalue weighted by Gasteiger charge is -2.35. The molecule has 4 aliphatic rings. The second-order valence-electron chi connectivity index (χ2n) is 17.5. The molecule has 0 bridgehead atoms. The lowest BCUT2D eigenvalue weighted by Crippen LogP contribution is -2.52. The maximum Gasteiger partial charge on any atom is 0.407 e. The Labute approximate surface area is 346 Å². The summed E-state index contributed by atoms with van der Waals surface area (Å²) in [6, 6.07) is 16.8. The van der Waals surface area contributed by atoms with E-state index in [0.717, 1.165) is 74.9 Å². The van der Waals surface area contributed by atoms with Crippen molar-refractivity contribution in [1.82, 2.24) is 40.0 Å². The van der Waals surface area contributed by atoms with Crippen LogP contribution in [0.15, 0.2) is 54.6 Å². The summed E-state index contributed by atoms with van der Waals surface area (Å²) in [6.07, 6.45) is 1.70. The zero-order valence-corrected chi connectivity index (χ0v) is 34.7. The van der Waals surface area contributed by atoms with Gasteiger partial charge >= 0.3 is 12.2 Å². The molecule has 9 rings (SSSR count). The van der Waals surface area contributed by atoms with E-state index in [0.29, 0.717) is 28.5 Å². The molecule has 308 valence electrons. The third-order valence-corrected chi connectivity index (χ3v) is 13.2. The number of hydrogen-bond donors (Lipinski definition) is 4. The van der Waals surface area contributed by atoms with E-state index in [4.69, 9.17) is 26.3 Å². The number of halogens is 1. The van der Waals surface area contributed by atoms with Gasteiger partial charge in [0.1, 0.15) is 34.6 Å². The van der Waals surface area contributed by atoms with Crippen molar-refractivity contribution < 1.29 is 29.0 Å². The molecule has 0 spiro atoms.